The Kier molecular flexibility index (Phi) is 6.14. The highest BCUT2D eigenvalue weighted by molar-refractivity contribution is 6.36. The Labute approximate surface area is 193 Å². The molecule has 1 N–H and O–H groups in total. The van der Waals surface area contributed by atoms with Gasteiger partial charge in [-0.2, -0.15) is 0 Å². The van der Waals surface area contributed by atoms with E-state index in [2.05, 4.69) is 5.32 Å². The van der Waals surface area contributed by atoms with Crippen LogP contribution in [-0.2, 0) is 16.0 Å². The van der Waals surface area contributed by atoms with Gasteiger partial charge in [-0.05, 0) is 91.8 Å². The van der Waals surface area contributed by atoms with Gasteiger partial charge in [0.1, 0.15) is 11.5 Å². The molecule has 0 aliphatic carbocycles. The van der Waals surface area contributed by atoms with Gasteiger partial charge in [-0.25, -0.2) is 4.39 Å². The first kappa shape index (κ1) is 22.5. The van der Waals surface area contributed by atoms with Crippen LogP contribution in [0.4, 0.5) is 10.1 Å². The van der Waals surface area contributed by atoms with Crippen molar-refractivity contribution in [2.45, 2.75) is 34.1 Å². The number of nitrogens with zero attached hydrogens (tertiary/aromatic N) is 1. The smallest absolute Gasteiger partial charge is 0.278 e. The van der Waals surface area contributed by atoms with E-state index in [9.17, 15) is 14.0 Å². The molecule has 3 aromatic carbocycles. The van der Waals surface area contributed by atoms with Gasteiger partial charge in [0.2, 0.25) is 0 Å². The van der Waals surface area contributed by atoms with E-state index in [1.165, 1.54) is 17.0 Å². The fraction of sp³-hybridized carbons (Fsp3) is 0.214. The lowest BCUT2D eigenvalue weighted by Gasteiger charge is -2.15. The van der Waals surface area contributed by atoms with Gasteiger partial charge in [0, 0.05) is 12.2 Å². The number of nitrogens with one attached hydrogen (secondary N) is 1. The van der Waals surface area contributed by atoms with Crippen molar-refractivity contribution in [3.63, 3.8) is 0 Å². The summed E-state index contributed by atoms with van der Waals surface area (Å²) in [5.74, 6) is -0.990. The highest BCUT2D eigenvalue weighted by atomic mass is 19.1. The molecule has 4 rings (SSSR count). The van der Waals surface area contributed by atoms with E-state index in [0.717, 1.165) is 33.5 Å². The number of amides is 2. The second-order valence-electron chi connectivity index (χ2n) is 8.61. The number of anilines is 1. The number of hydrogen-bond donors (Lipinski definition) is 1. The minimum atomic E-state index is -0.353. The quantitative estimate of drug-likeness (QED) is 0.513. The fourth-order valence-electron chi connectivity index (χ4n) is 3.92. The van der Waals surface area contributed by atoms with Gasteiger partial charge in [0.25, 0.3) is 11.8 Å². The van der Waals surface area contributed by atoms with Crippen molar-refractivity contribution in [2.24, 2.45) is 0 Å². The molecule has 4 nitrogen and oxygen atoms in total. The standard InChI is InChI=1S/C28H27FN2O2/c1-17-5-9-22(15-19(17)3)25-26(30-24-12-6-18(2)20(4)16-24)28(33)31(27(25)32)14-13-21-7-10-23(29)11-8-21/h5-12,15-16,30H,13-14H2,1-4H3. The Balaban J connectivity index is 1.69. The van der Waals surface area contributed by atoms with Crippen molar-refractivity contribution < 1.29 is 14.0 Å². The van der Waals surface area contributed by atoms with Crippen LogP contribution in [-0.4, -0.2) is 23.3 Å². The molecule has 3 aromatic rings. The molecule has 2 amide bonds. The maximum atomic E-state index is 13.5. The van der Waals surface area contributed by atoms with Crippen LogP contribution >= 0.6 is 0 Å². The van der Waals surface area contributed by atoms with Gasteiger partial charge in [-0.1, -0.05) is 36.4 Å². The number of hydrogen-bond acceptors (Lipinski definition) is 3. The third kappa shape index (κ3) is 4.58. The van der Waals surface area contributed by atoms with Crippen LogP contribution < -0.4 is 5.32 Å². The van der Waals surface area contributed by atoms with E-state index in [-0.39, 0.29) is 29.9 Å². The number of aryl methyl sites for hydroxylation is 4. The van der Waals surface area contributed by atoms with Gasteiger partial charge >= 0.3 is 0 Å². The number of rotatable bonds is 6. The molecule has 0 unspecified atom stereocenters. The third-order valence-electron chi connectivity index (χ3n) is 6.28. The van der Waals surface area contributed by atoms with E-state index >= 15 is 0 Å². The molecule has 0 bridgehead atoms. The number of carbonyl (C=O) groups excluding carboxylic acids is 2. The Morgan fingerprint density at radius 3 is 2.03 bits per heavy atom. The van der Waals surface area contributed by atoms with Crippen LogP contribution in [0.15, 0.2) is 66.4 Å². The maximum Gasteiger partial charge on any atom is 0.278 e. The molecule has 0 saturated carbocycles. The summed E-state index contributed by atoms with van der Waals surface area (Å²) in [4.78, 5) is 28.1. The highest BCUT2D eigenvalue weighted by Gasteiger charge is 2.39. The number of benzene rings is 3. The van der Waals surface area contributed by atoms with Crippen LogP contribution in [0.1, 0.15) is 33.4 Å². The zero-order valence-corrected chi connectivity index (χ0v) is 19.3. The average Bonchev–Trinajstić information content (AvgIpc) is 3.01. The molecule has 1 heterocycles. The lowest BCUT2D eigenvalue weighted by Crippen LogP contribution is -2.34. The molecule has 5 heteroatoms. The van der Waals surface area contributed by atoms with E-state index in [4.69, 9.17) is 0 Å². The first-order valence-corrected chi connectivity index (χ1v) is 11.0. The molecule has 0 fully saturated rings. The SMILES string of the molecule is Cc1ccc(NC2=C(c3ccc(C)c(C)c3)C(=O)N(CCc3ccc(F)cc3)C2=O)cc1C. The lowest BCUT2D eigenvalue weighted by atomic mass is 9.99. The highest BCUT2D eigenvalue weighted by Crippen LogP contribution is 2.32. The van der Waals surface area contributed by atoms with Crippen molar-refractivity contribution in [1.29, 1.82) is 0 Å². The Morgan fingerprint density at radius 2 is 1.39 bits per heavy atom. The molecule has 0 radical (unpaired) electrons. The Bertz CT molecular complexity index is 1280. The molecule has 1 aliphatic heterocycles. The predicted octanol–water partition coefficient (Wildman–Crippen LogP) is 5.49. The topological polar surface area (TPSA) is 49.4 Å². The molecule has 33 heavy (non-hydrogen) atoms. The average molecular weight is 443 g/mol. The Hall–Kier alpha value is -3.73. The van der Waals surface area contributed by atoms with Gasteiger partial charge in [0.15, 0.2) is 0 Å². The van der Waals surface area contributed by atoms with Crippen LogP contribution in [0.25, 0.3) is 5.57 Å². The summed E-state index contributed by atoms with van der Waals surface area (Å²) in [7, 11) is 0. The van der Waals surface area contributed by atoms with Crippen molar-refractivity contribution in [3.05, 3.63) is 106 Å². The third-order valence-corrected chi connectivity index (χ3v) is 6.28. The predicted molar refractivity (Wildman–Crippen MR) is 129 cm³/mol. The lowest BCUT2D eigenvalue weighted by molar-refractivity contribution is -0.136. The summed E-state index contributed by atoms with van der Waals surface area (Å²) in [5.41, 5.74) is 7.41. The van der Waals surface area contributed by atoms with Crippen molar-refractivity contribution in [3.8, 4) is 0 Å². The second kappa shape index (κ2) is 9.02. The largest absolute Gasteiger partial charge is 0.350 e. The summed E-state index contributed by atoms with van der Waals surface area (Å²) < 4.78 is 13.2. The van der Waals surface area contributed by atoms with E-state index in [1.54, 1.807) is 12.1 Å². The number of halogens is 1. The van der Waals surface area contributed by atoms with Crippen molar-refractivity contribution >= 4 is 23.1 Å². The molecule has 1 aliphatic rings. The van der Waals surface area contributed by atoms with Gasteiger partial charge < -0.3 is 5.32 Å². The molecular formula is C28H27FN2O2. The van der Waals surface area contributed by atoms with Crippen LogP contribution in [0.5, 0.6) is 0 Å². The van der Waals surface area contributed by atoms with Crippen LogP contribution in [0.2, 0.25) is 0 Å². The summed E-state index contributed by atoms with van der Waals surface area (Å²) in [6.07, 6.45) is 0.453. The number of carbonyl (C=O) groups is 2. The van der Waals surface area contributed by atoms with Gasteiger partial charge in [0.05, 0.1) is 5.57 Å². The fourth-order valence-corrected chi connectivity index (χ4v) is 3.92. The van der Waals surface area contributed by atoms with E-state index in [1.807, 2.05) is 64.1 Å². The van der Waals surface area contributed by atoms with E-state index < -0.39 is 0 Å². The van der Waals surface area contributed by atoms with Gasteiger partial charge in [-0.15, -0.1) is 0 Å². The van der Waals surface area contributed by atoms with Gasteiger partial charge in [-0.3, -0.25) is 14.5 Å². The summed E-state index contributed by atoms with van der Waals surface area (Å²) >= 11 is 0. The maximum absolute atomic E-state index is 13.5. The number of imide groups is 1. The van der Waals surface area contributed by atoms with Crippen molar-refractivity contribution in [2.75, 3.05) is 11.9 Å². The summed E-state index contributed by atoms with van der Waals surface area (Å²) in [6, 6.07) is 17.8. The molecule has 0 atom stereocenters. The molecule has 0 saturated heterocycles. The zero-order valence-electron chi connectivity index (χ0n) is 19.3. The summed E-state index contributed by atoms with van der Waals surface area (Å²) in [6.45, 7) is 8.26. The molecule has 168 valence electrons. The normalized spacial score (nSPS) is 13.8. The minimum Gasteiger partial charge on any atom is -0.350 e. The first-order valence-electron chi connectivity index (χ1n) is 11.0. The van der Waals surface area contributed by atoms with Crippen LogP contribution in [0.3, 0.4) is 0 Å². The van der Waals surface area contributed by atoms with E-state index in [0.29, 0.717) is 17.6 Å². The molecule has 0 spiro atoms. The monoisotopic (exact) mass is 442 g/mol. The van der Waals surface area contributed by atoms with Crippen molar-refractivity contribution in [1.82, 2.24) is 4.90 Å². The molecule has 0 aromatic heterocycles. The minimum absolute atomic E-state index is 0.218. The zero-order chi connectivity index (χ0) is 23.7. The first-order chi connectivity index (χ1) is 15.7. The summed E-state index contributed by atoms with van der Waals surface area (Å²) in [5, 5.41) is 3.23. The van der Waals surface area contributed by atoms with Crippen LogP contribution in [0, 0.1) is 33.5 Å². The Morgan fingerprint density at radius 1 is 0.758 bits per heavy atom. The second-order valence-corrected chi connectivity index (χ2v) is 8.61. The molecular weight excluding hydrogens is 415 g/mol.